The van der Waals surface area contributed by atoms with Gasteiger partial charge in [-0.05, 0) is 48.7 Å². The topological polar surface area (TPSA) is 148 Å². The van der Waals surface area contributed by atoms with Crippen molar-refractivity contribution < 1.29 is 27.5 Å². The van der Waals surface area contributed by atoms with Gasteiger partial charge in [-0.15, -0.1) is 0 Å². The molecule has 1 amide bonds. The van der Waals surface area contributed by atoms with E-state index >= 15 is 0 Å². The molecule has 37 heavy (non-hydrogen) atoms. The molecule has 2 aromatic carbocycles. The first-order valence-electron chi connectivity index (χ1n) is 11.2. The summed E-state index contributed by atoms with van der Waals surface area (Å²) in [7, 11) is -3.68. The second-order valence-corrected chi connectivity index (χ2v) is 10.8. The highest BCUT2D eigenvalue weighted by molar-refractivity contribution is 7.91. The van der Waals surface area contributed by atoms with E-state index in [0.29, 0.717) is 22.7 Å². The quantitative estimate of drug-likeness (QED) is 0.173. The van der Waals surface area contributed by atoms with Gasteiger partial charge in [0.25, 0.3) is 11.1 Å². The number of carbonyl (C=O) groups is 2. The second-order valence-electron chi connectivity index (χ2n) is 8.08. The third-order valence-corrected chi connectivity index (χ3v) is 7.21. The molecule has 0 unspecified atom stereocenters. The molecule has 0 aliphatic rings. The van der Waals surface area contributed by atoms with Crippen LogP contribution in [0.2, 0.25) is 0 Å². The van der Waals surface area contributed by atoms with E-state index in [9.17, 15) is 23.3 Å². The predicted octanol–water partition coefficient (Wildman–Crippen LogP) is 4.13. The van der Waals surface area contributed by atoms with E-state index in [2.05, 4.69) is 14.7 Å². The Labute approximate surface area is 218 Å². The van der Waals surface area contributed by atoms with Crippen LogP contribution in [-0.4, -0.2) is 42.0 Å². The van der Waals surface area contributed by atoms with E-state index in [1.165, 1.54) is 18.2 Å². The zero-order chi connectivity index (χ0) is 27.0. The van der Waals surface area contributed by atoms with Gasteiger partial charge in [-0.1, -0.05) is 38.1 Å². The minimum atomic E-state index is -3.68. The zero-order valence-corrected chi connectivity index (χ0v) is 21.9. The van der Waals surface area contributed by atoms with Crippen LogP contribution in [0.3, 0.4) is 0 Å². The number of carbonyl (C=O) groups excluding carboxylic acids is 2. The van der Waals surface area contributed by atoms with Crippen molar-refractivity contribution in [2.45, 2.75) is 25.9 Å². The highest BCUT2D eigenvalue weighted by atomic mass is 32.2. The van der Waals surface area contributed by atoms with Crippen molar-refractivity contribution in [3.63, 3.8) is 0 Å². The van der Waals surface area contributed by atoms with Crippen molar-refractivity contribution in [3.05, 3.63) is 65.2 Å². The molecule has 0 fully saturated rings. The van der Waals surface area contributed by atoms with Gasteiger partial charge in [0.05, 0.1) is 17.9 Å². The number of anilines is 1. The van der Waals surface area contributed by atoms with Crippen LogP contribution < -0.4 is 14.8 Å². The summed E-state index contributed by atoms with van der Waals surface area (Å²) in [6, 6.07) is 14.9. The van der Waals surface area contributed by atoms with Crippen LogP contribution in [-0.2, 0) is 14.6 Å². The average Bonchev–Trinajstić information content (AvgIpc) is 3.33. The van der Waals surface area contributed by atoms with Crippen LogP contribution in [0.15, 0.2) is 59.3 Å². The Kier molecular flexibility index (Phi) is 9.10. The van der Waals surface area contributed by atoms with Gasteiger partial charge in [-0.2, -0.15) is 14.6 Å². The Balaban J connectivity index is 1.79. The molecule has 3 aromatic rings. The van der Waals surface area contributed by atoms with Crippen LogP contribution in [0.1, 0.15) is 36.7 Å². The second kappa shape index (κ2) is 12.2. The van der Waals surface area contributed by atoms with Crippen LogP contribution in [0.25, 0.3) is 6.08 Å². The molecule has 0 spiro atoms. The van der Waals surface area contributed by atoms with Gasteiger partial charge in [0, 0.05) is 11.5 Å². The number of nitriles is 1. The molecule has 192 valence electrons. The van der Waals surface area contributed by atoms with Crippen molar-refractivity contribution >= 4 is 44.5 Å². The summed E-state index contributed by atoms with van der Waals surface area (Å²) >= 11 is 0.704. The molecule has 0 aliphatic carbocycles. The summed E-state index contributed by atoms with van der Waals surface area (Å²) in [5, 5.41) is 11.5. The number of nitrogens with one attached hydrogen (secondary N) is 1. The molecule has 1 N–H and O–H groups in total. The van der Waals surface area contributed by atoms with Gasteiger partial charge in [0.2, 0.25) is 15.0 Å². The minimum Gasteiger partial charge on any atom is -0.490 e. The third-order valence-electron chi connectivity index (χ3n) is 4.61. The van der Waals surface area contributed by atoms with Gasteiger partial charge >= 0.3 is 5.97 Å². The highest BCUT2D eigenvalue weighted by Gasteiger charge is 2.23. The van der Waals surface area contributed by atoms with Gasteiger partial charge in [-0.25, -0.2) is 13.2 Å². The Morgan fingerprint density at radius 2 is 1.89 bits per heavy atom. The number of rotatable bonds is 10. The maximum atomic E-state index is 12.7. The fraction of sp³-hybridized carbons (Fsp3) is 0.240. The molecule has 1 aromatic heterocycles. The summed E-state index contributed by atoms with van der Waals surface area (Å²) < 4.78 is 39.5. The molecule has 0 saturated carbocycles. The molecule has 10 nitrogen and oxygen atoms in total. The molecule has 0 aliphatic heterocycles. The SMILES string of the molecule is CCOc1cc(C=C(C#N)C(=O)Nc2nc(S(=O)(=O)CC(C)C)ns2)ccc1OC(=O)c1ccccc1. The summed E-state index contributed by atoms with van der Waals surface area (Å²) in [6.45, 7) is 5.56. The summed E-state index contributed by atoms with van der Waals surface area (Å²) in [5.41, 5.74) is 0.541. The lowest BCUT2D eigenvalue weighted by molar-refractivity contribution is -0.112. The van der Waals surface area contributed by atoms with Crippen LogP contribution in [0.5, 0.6) is 11.5 Å². The van der Waals surface area contributed by atoms with E-state index in [0.717, 1.165) is 0 Å². The van der Waals surface area contributed by atoms with Crippen LogP contribution in [0.4, 0.5) is 5.13 Å². The number of ether oxygens (including phenoxy) is 2. The normalized spacial score (nSPS) is 11.6. The van der Waals surface area contributed by atoms with Crippen molar-refractivity contribution in [1.29, 1.82) is 5.26 Å². The maximum absolute atomic E-state index is 12.7. The number of nitrogens with zero attached hydrogens (tertiary/aromatic N) is 3. The highest BCUT2D eigenvalue weighted by Crippen LogP contribution is 2.30. The van der Waals surface area contributed by atoms with Crippen LogP contribution in [0, 0.1) is 17.2 Å². The first-order chi connectivity index (χ1) is 17.6. The Hall–Kier alpha value is -4.08. The van der Waals surface area contributed by atoms with E-state index in [4.69, 9.17) is 9.47 Å². The molecule has 0 saturated heterocycles. The molecule has 12 heteroatoms. The first kappa shape index (κ1) is 27.5. The smallest absolute Gasteiger partial charge is 0.343 e. The summed E-state index contributed by atoms with van der Waals surface area (Å²) in [6.07, 6.45) is 1.32. The van der Waals surface area contributed by atoms with Crippen molar-refractivity contribution in [2.75, 3.05) is 17.7 Å². The largest absolute Gasteiger partial charge is 0.490 e. The fourth-order valence-corrected chi connectivity index (χ4v) is 5.43. The standard InChI is InChI=1S/C25H24N4O6S2/c1-4-34-21-13-17(10-11-20(21)35-23(31)18-8-6-5-7-9-18)12-19(14-26)22(30)27-24-28-25(29-36-24)37(32,33)15-16(2)3/h5-13,16H,4,15H2,1-3H3,(H,27,28,29,30). The van der Waals surface area contributed by atoms with E-state index in [1.54, 1.807) is 57.2 Å². The lowest BCUT2D eigenvalue weighted by Crippen LogP contribution is -2.15. The zero-order valence-electron chi connectivity index (χ0n) is 20.3. The summed E-state index contributed by atoms with van der Waals surface area (Å²) in [4.78, 5) is 29.0. The van der Waals surface area contributed by atoms with E-state index in [1.807, 2.05) is 6.07 Å². The number of sulfone groups is 1. The lowest BCUT2D eigenvalue weighted by atomic mass is 10.1. The molecule has 1 heterocycles. The molecule has 0 atom stereocenters. The third kappa shape index (κ3) is 7.45. The number of amides is 1. The number of esters is 1. The van der Waals surface area contributed by atoms with Crippen molar-refractivity contribution in [1.82, 2.24) is 9.36 Å². The monoisotopic (exact) mass is 540 g/mol. The number of hydrogen-bond donors (Lipinski definition) is 1. The number of benzene rings is 2. The molecule has 0 bridgehead atoms. The molecule has 3 rings (SSSR count). The Morgan fingerprint density at radius 1 is 1.16 bits per heavy atom. The van der Waals surface area contributed by atoms with E-state index < -0.39 is 21.7 Å². The molecular weight excluding hydrogens is 516 g/mol. The van der Waals surface area contributed by atoms with Gasteiger partial charge < -0.3 is 9.47 Å². The van der Waals surface area contributed by atoms with Crippen molar-refractivity contribution in [3.8, 4) is 17.6 Å². The minimum absolute atomic E-state index is 0.0494. The van der Waals surface area contributed by atoms with Crippen molar-refractivity contribution in [2.24, 2.45) is 5.92 Å². The van der Waals surface area contributed by atoms with Crippen LogP contribution >= 0.6 is 11.5 Å². The predicted molar refractivity (Wildman–Crippen MR) is 138 cm³/mol. The fourth-order valence-electron chi connectivity index (χ4n) is 3.08. The molecular formula is C25H24N4O6S2. The van der Waals surface area contributed by atoms with Gasteiger partial charge in [-0.3, -0.25) is 10.1 Å². The van der Waals surface area contributed by atoms with Gasteiger partial charge in [0.1, 0.15) is 11.6 Å². The average molecular weight is 541 g/mol. The Morgan fingerprint density at radius 3 is 2.54 bits per heavy atom. The summed E-state index contributed by atoms with van der Waals surface area (Å²) in [5.74, 6) is -1.16. The number of aromatic nitrogens is 2. The lowest BCUT2D eigenvalue weighted by Gasteiger charge is -2.11. The van der Waals surface area contributed by atoms with Gasteiger partial charge in [0.15, 0.2) is 11.5 Å². The molecule has 0 radical (unpaired) electrons. The van der Waals surface area contributed by atoms with E-state index in [-0.39, 0.29) is 45.6 Å². The number of hydrogen-bond acceptors (Lipinski definition) is 10. The maximum Gasteiger partial charge on any atom is 0.343 e. The first-order valence-corrected chi connectivity index (χ1v) is 13.6. The Bertz CT molecular complexity index is 1460.